The summed E-state index contributed by atoms with van der Waals surface area (Å²) in [6, 6.07) is 10.2. The molecule has 4 rings (SSSR count). The van der Waals surface area contributed by atoms with Crippen molar-refractivity contribution in [3.8, 4) is 0 Å². The van der Waals surface area contributed by atoms with Gasteiger partial charge in [0.25, 0.3) is 0 Å². The summed E-state index contributed by atoms with van der Waals surface area (Å²) in [5, 5.41) is 4.60. The third-order valence-electron chi connectivity index (χ3n) is 7.39. The van der Waals surface area contributed by atoms with E-state index in [1.165, 1.54) is 44.8 Å². The first-order chi connectivity index (χ1) is 16.0. The molecule has 2 atom stereocenters. The molecular formula is C28H39NO4. The highest BCUT2D eigenvalue weighted by Crippen LogP contribution is 2.53. The molecule has 1 aromatic carbocycles. The molecule has 2 aliphatic rings. The average molecular weight is 454 g/mol. The predicted molar refractivity (Wildman–Crippen MR) is 128 cm³/mol. The summed E-state index contributed by atoms with van der Waals surface area (Å²) in [5.74, 6) is 3.09. The van der Waals surface area contributed by atoms with Gasteiger partial charge in [0, 0.05) is 24.0 Å². The largest absolute Gasteiger partial charge is 0.469 e. The fraction of sp³-hybridized carbons (Fsp3) is 0.643. The monoisotopic (exact) mass is 453 g/mol. The Bertz CT molecular complexity index is 896. The van der Waals surface area contributed by atoms with Gasteiger partial charge in [-0.25, -0.2) is 0 Å². The van der Waals surface area contributed by atoms with Crippen molar-refractivity contribution in [1.29, 1.82) is 0 Å². The number of ether oxygens (including phenoxy) is 2. The van der Waals surface area contributed by atoms with Gasteiger partial charge in [-0.3, -0.25) is 4.79 Å². The fourth-order valence-corrected chi connectivity index (χ4v) is 5.42. The van der Waals surface area contributed by atoms with Crippen LogP contribution >= 0.6 is 0 Å². The van der Waals surface area contributed by atoms with Gasteiger partial charge < -0.3 is 14.0 Å². The molecule has 0 spiro atoms. The van der Waals surface area contributed by atoms with Crippen LogP contribution in [0.2, 0.25) is 0 Å². The summed E-state index contributed by atoms with van der Waals surface area (Å²) >= 11 is 0. The minimum atomic E-state index is -0.291. The van der Waals surface area contributed by atoms with E-state index in [9.17, 15) is 4.79 Å². The van der Waals surface area contributed by atoms with Crippen LogP contribution in [0.5, 0.6) is 0 Å². The quantitative estimate of drug-likeness (QED) is 0.268. The zero-order valence-corrected chi connectivity index (χ0v) is 20.6. The Kier molecular flexibility index (Phi) is 7.90. The molecule has 33 heavy (non-hydrogen) atoms. The van der Waals surface area contributed by atoms with Gasteiger partial charge in [0.15, 0.2) is 0 Å². The smallest absolute Gasteiger partial charge is 0.309 e. The van der Waals surface area contributed by atoms with Crippen molar-refractivity contribution < 1.29 is 18.8 Å². The van der Waals surface area contributed by atoms with Crippen molar-refractivity contribution >= 4 is 5.97 Å². The lowest BCUT2D eigenvalue weighted by Gasteiger charge is -2.35. The van der Waals surface area contributed by atoms with E-state index < -0.39 is 0 Å². The van der Waals surface area contributed by atoms with E-state index in [0.717, 1.165) is 35.3 Å². The van der Waals surface area contributed by atoms with Crippen LogP contribution in [0, 0.1) is 17.8 Å². The molecule has 1 heterocycles. The van der Waals surface area contributed by atoms with Crippen LogP contribution in [0.4, 0.5) is 0 Å². The van der Waals surface area contributed by atoms with Crippen LogP contribution in [0.3, 0.4) is 0 Å². The van der Waals surface area contributed by atoms with Crippen LogP contribution in [-0.2, 0) is 20.9 Å². The zero-order valence-electron chi connectivity index (χ0n) is 20.6. The number of benzene rings is 1. The predicted octanol–water partition coefficient (Wildman–Crippen LogP) is 6.59. The molecule has 2 aliphatic carbocycles. The van der Waals surface area contributed by atoms with Crippen molar-refractivity contribution in [2.75, 3.05) is 13.7 Å². The van der Waals surface area contributed by atoms with Gasteiger partial charge in [-0.2, -0.15) is 0 Å². The number of hydrogen-bond acceptors (Lipinski definition) is 5. The lowest BCUT2D eigenvalue weighted by molar-refractivity contribution is -0.145. The van der Waals surface area contributed by atoms with Crippen LogP contribution in [0.15, 0.2) is 34.9 Å². The van der Waals surface area contributed by atoms with E-state index in [1.807, 2.05) is 25.1 Å². The molecule has 2 saturated carbocycles. The fourth-order valence-electron chi connectivity index (χ4n) is 5.42. The molecule has 5 nitrogen and oxygen atoms in total. The van der Waals surface area contributed by atoms with Gasteiger partial charge in [0.1, 0.15) is 5.76 Å². The maximum Gasteiger partial charge on any atom is 0.309 e. The summed E-state index contributed by atoms with van der Waals surface area (Å²) in [6.45, 7) is 7.68. The van der Waals surface area contributed by atoms with Crippen molar-refractivity contribution in [2.24, 2.45) is 17.8 Å². The maximum atomic E-state index is 12.5. The first-order valence-corrected chi connectivity index (χ1v) is 12.7. The molecule has 2 fully saturated rings. The van der Waals surface area contributed by atoms with Crippen molar-refractivity contribution in [2.45, 2.75) is 83.7 Å². The third-order valence-corrected chi connectivity index (χ3v) is 7.39. The van der Waals surface area contributed by atoms with Gasteiger partial charge in [0.05, 0.1) is 25.3 Å². The van der Waals surface area contributed by atoms with Gasteiger partial charge in [0.2, 0.25) is 0 Å². The Labute approximate surface area is 198 Å². The highest BCUT2D eigenvalue weighted by atomic mass is 16.5. The molecule has 180 valence electrons. The maximum absolute atomic E-state index is 12.5. The standard InChI is InChI=1S/C28H39NO4/c1-18(2)14-21-15-23(16-21)27-25(22-10-11-22)26(29-33-27)24(19(3)28(30)31-4)12-13-32-17-20-8-6-5-7-9-20/h5-9,18-19,21-24H,10-17H2,1-4H3. The van der Waals surface area contributed by atoms with Crippen molar-refractivity contribution in [3.63, 3.8) is 0 Å². The van der Waals surface area contributed by atoms with Crippen LogP contribution in [0.1, 0.15) is 99.6 Å². The van der Waals surface area contributed by atoms with Crippen LogP contribution in [0.25, 0.3) is 0 Å². The second-order valence-corrected chi connectivity index (χ2v) is 10.5. The Morgan fingerprint density at radius 2 is 1.85 bits per heavy atom. The number of rotatable bonds is 12. The first-order valence-electron chi connectivity index (χ1n) is 12.7. The van der Waals surface area contributed by atoms with Gasteiger partial charge >= 0.3 is 5.97 Å². The Morgan fingerprint density at radius 1 is 1.12 bits per heavy atom. The van der Waals surface area contributed by atoms with Gasteiger partial charge in [-0.15, -0.1) is 0 Å². The first kappa shape index (κ1) is 24.0. The highest BCUT2D eigenvalue weighted by molar-refractivity contribution is 5.73. The molecule has 0 saturated heterocycles. The van der Waals surface area contributed by atoms with E-state index in [4.69, 9.17) is 14.0 Å². The molecule has 2 aromatic rings. The minimum Gasteiger partial charge on any atom is -0.469 e. The van der Waals surface area contributed by atoms with E-state index in [-0.39, 0.29) is 17.8 Å². The third kappa shape index (κ3) is 5.87. The molecule has 0 aliphatic heterocycles. The normalized spacial score (nSPS) is 22.1. The molecular weight excluding hydrogens is 414 g/mol. The van der Waals surface area contributed by atoms with E-state index >= 15 is 0 Å². The molecule has 2 unspecified atom stereocenters. The number of nitrogens with zero attached hydrogens (tertiary/aromatic N) is 1. The Balaban J connectivity index is 1.47. The molecule has 0 amide bonds. The van der Waals surface area contributed by atoms with Gasteiger partial charge in [-0.05, 0) is 61.8 Å². The SMILES string of the molecule is COC(=O)C(C)C(CCOCc1ccccc1)c1noc(C2CC(CC(C)C)C2)c1C1CC1. The summed E-state index contributed by atoms with van der Waals surface area (Å²) in [4.78, 5) is 12.5. The topological polar surface area (TPSA) is 61.6 Å². The summed E-state index contributed by atoms with van der Waals surface area (Å²) < 4.78 is 17.1. The molecule has 5 heteroatoms. The second-order valence-electron chi connectivity index (χ2n) is 10.5. The van der Waals surface area contributed by atoms with Gasteiger partial charge in [-0.1, -0.05) is 56.3 Å². The number of carbonyl (C=O) groups is 1. The van der Waals surface area contributed by atoms with Crippen LogP contribution in [-0.4, -0.2) is 24.8 Å². The molecule has 0 N–H and O–H groups in total. The zero-order chi connectivity index (χ0) is 23.4. The lowest BCUT2D eigenvalue weighted by Crippen LogP contribution is -2.25. The van der Waals surface area contributed by atoms with E-state index in [0.29, 0.717) is 25.0 Å². The number of methoxy groups -OCH3 is 1. The summed E-state index contributed by atoms with van der Waals surface area (Å²) in [6.07, 6.45) is 6.78. The average Bonchev–Trinajstić information content (AvgIpc) is 3.54. The Morgan fingerprint density at radius 3 is 2.48 bits per heavy atom. The minimum absolute atomic E-state index is 0.0622. The van der Waals surface area contributed by atoms with Crippen molar-refractivity contribution in [3.05, 3.63) is 52.9 Å². The molecule has 0 bridgehead atoms. The number of aromatic nitrogens is 1. The second kappa shape index (κ2) is 10.9. The number of hydrogen-bond donors (Lipinski definition) is 0. The number of carbonyl (C=O) groups excluding carboxylic acids is 1. The summed E-state index contributed by atoms with van der Waals surface area (Å²) in [5.41, 5.74) is 3.42. The number of esters is 1. The summed E-state index contributed by atoms with van der Waals surface area (Å²) in [7, 11) is 1.46. The lowest BCUT2D eigenvalue weighted by atomic mass is 9.69. The van der Waals surface area contributed by atoms with E-state index in [1.54, 1.807) is 0 Å². The van der Waals surface area contributed by atoms with E-state index in [2.05, 4.69) is 31.1 Å². The molecule has 0 radical (unpaired) electrons. The molecule has 1 aromatic heterocycles. The van der Waals surface area contributed by atoms with Crippen LogP contribution < -0.4 is 0 Å². The van der Waals surface area contributed by atoms with Crippen molar-refractivity contribution in [1.82, 2.24) is 5.16 Å². The Hall–Kier alpha value is -2.14. The highest BCUT2D eigenvalue weighted by Gasteiger charge is 2.42.